The molecule has 0 saturated heterocycles. The fourth-order valence-electron chi connectivity index (χ4n) is 1.44. The van der Waals surface area contributed by atoms with Crippen LogP contribution in [0.15, 0.2) is 35.7 Å². The van der Waals surface area contributed by atoms with Gasteiger partial charge in [0, 0.05) is 10.8 Å². The van der Waals surface area contributed by atoms with Crippen molar-refractivity contribution >= 4 is 33.5 Å². The third-order valence-corrected chi connectivity index (χ3v) is 3.07. The topological polar surface area (TPSA) is 26.3 Å². The van der Waals surface area contributed by atoms with E-state index in [4.69, 9.17) is 4.74 Å². The van der Waals surface area contributed by atoms with Crippen molar-refractivity contribution in [3.05, 3.63) is 41.3 Å². The van der Waals surface area contributed by atoms with Crippen LogP contribution in [0.1, 0.15) is 12.5 Å². The number of rotatable bonds is 3. The number of hydrogen-bond donors (Lipinski definition) is 0. The van der Waals surface area contributed by atoms with Gasteiger partial charge in [-0.25, -0.2) is 4.79 Å². The summed E-state index contributed by atoms with van der Waals surface area (Å²) in [6, 6.07) is 8.18. The number of thiophene rings is 1. The van der Waals surface area contributed by atoms with Crippen LogP contribution < -0.4 is 0 Å². The van der Waals surface area contributed by atoms with E-state index in [1.165, 1.54) is 16.2 Å². The summed E-state index contributed by atoms with van der Waals surface area (Å²) in [6.45, 7) is 2.20. The number of ether oxygens (including phenoxy) is 1. The molecule has 0 amide bonds. The summed E-state index contributed by atoms with van der Waals surface area (Å²) in [5, 5.41) is 3.26. The van der Waals surface area contributed by atoms with Crippen LogP contribution in [0.3, 0.4) is 0 Å². The Bertz CT molecular complexity index is 525. The maximum atomic E-state index is 11.1. The van der Waals surface area contributed by atoms with E-state index in [1.807, 2.05) is 6.07 Å². The van der Waals surface area contributed by atoms with Crippen molar-refractivity contribution in [2.75, 3.05) is 6.61 Å². The van der Waals surface area contributed by atoms with Crippen LogP contribution >= 0.6 is 11.3 Å². The van der Waals surface area contributed by atoms with Crippen molar-refractivity contribution in [3.8, 4) is 0 Å². The Hall–Kier alpha value is -1.61. The van der Waals surface area contributed by atoms with Gasteiger partial charge in [0.1, 0.15) is 0 Å². The van der Waals surface area contributed by atoms with Crippen molar-refractivity contribution in [2.24, 2.45) is 0 Å². The number of benzene rings is 1. The van der Waals surface area contributed by atoms with Gasteiger partial charge in [0.2, 0.25) is 0 Å². The molecule has 0 atom stereocenters. The second-order valence-corrected chi connectivity index (χ2v) is 4.25. The molecule has 0 bridgehead atoms. The highest BCUT2D eigenvalue weighted by molar-refractivity contribution is 7.17. The van der Waals surface area contributed by atoms with Gasteiger partial charge in [-0.2, -0.15) is 0 Å². The Labute approximate surface area is 98.2 Å². The van der Waals surface area contributed by atoms with Gasteiger partial charge in [-0.1, -0.05) is 6.07 Å². The fraction of sp³-hybridized carbons (Fsp3) is 0.154. The average Bonchev–Trinajstić information content (AvgIpc) is 2.74. The largest absolute Gasteiger partial charge is 0.463 e. The highest BCUT2D eigenvalue weighted by Gasteiger charge is 1.96. The van der Waals surface area contributed by atoms with Gasteiger partial charge in [-0.05, 0) is 47.5 Å². The molecule has 0 spiro atoms. The Morgan fingerprint density at radius 2 is 2.31 bits per heavy atom. The van der Waals surface area contributed by atoms with Crippen LogP contribution in [-0.2, 0) is 9.53 Å². The van der Waals surface area contributed by atoms with Crippen molar-refractivity contribution in [2.45, 2.75) is 6.92 Å². The molecule has 16 heavy (non-hydrogen) atoms. The van der Waals surface area contributed by atoms with Crippen molar-refractivity contribution in [1.29, 1.82) is 0 Å². The van der Waals surface area contributed by atoms with E-state index in [-0.39, 0.29) is 5.97 Å². The first-order valence-corrected chi connectivity index (χ1v) is 5.99. The molecule has 0 aliphatic rings. The van der Waals surface area contributed by atoms with E-state index in [1.54, 1.807) is 24.3 Å². The Morgan fingerprint density at radius 3 is 3.12 bits per heavy atom. The minimum atomic E-state index is -0.298. The van der Waals surface area contributed by atoms with E-state index in [0.717, 1.165) is 5.56 Å². The summed E-state index contributed by atoms with van der Waals surface area (Å²) in [5.41, 5.74) is 1.01. The maximum Gasteiger partial charge on any atom is 0.330 e. The summed E-state index contributed by atoms with van der Waals surface area (Å²) in [5.74, 6) is -0.298. The normalized spacial score (nSPS) is 11.1. The summed E-state index contributed by atoms with van der Waals surface area (Å²) >= 11 is 1.71. The van der Waals surface area contributed by atoms with Crippen molar-refractivity contribution < 1.29 is 9.53 Å². The fourth-order valence-corrected chi connectivity index (χ4v) is 2.21. The molecule has 0 unspecified atom stereocenters. The molecular weight excluding hydrogens is 220 g/mol. The molecule has 0 radical (unpaired) electrons. The monoisotopic (exact) mass is 232 g/mol. The lowest BCUT2D eigenvalue weighted by Gasteiger charge is -1.96. The number of carbonyl (C=O) groups excluding carboxylic acids is 1. The third kappa shape index (κ3) is 2.49. The summed E-state index contributed by atoms with van der Waals surface area (Å²) in [7, 11) is 0. The average molecular weight is 232 g/mol. The van der Waals surface area contributed by atoms with Crippen LogP contribution in [0.4, 0.5) is 0 Å². The molecule has 2 rings (SSSR count). The Balaban J connectivity index is 2.17. The molecule has 1 heterocycles. The number of esters is 1. The minimum absolute atomic E-state index is 0.298. The summed E-state index contributed by atoms with van der Waals surface area (Å²) < 4.78 is 6.07. The van der Waals surface area contributed by atoms with Gasteiger partial charge in [0.05, 0.1) is 6.61 Å². The maximum absolute atomic E-state index is 11.1. The molecule has 1 aromatic carbocycles. The smallest absolute Gasteiger partial charge is 0.330 e. The SMILES string of the molecule is CCOC(=O)C=Cc1ccc2sccc2c1. The highest BCUT2D eigenvalue weighted by atomic mass is 32.1. The first-order valence-electron chi connectivity index (χ1n) is 5.11. The molecule has 0 aliphatic heterocycles. The minimum Gasteiger partial charge on any atom is -0.463 e. The van der Waals surface area contributed by atoms with Gasteiger partial charge in [0.15, 0.2) is 0 Å². The summed E-state index contributed by atoms with van der Waals surface area (Å²) in [6.07, 6.45) is 3.23. The predicted molar refractivity (Wildman–Crippen MR) is 67.5 cm³/mol. The third-order valence-electron chi connectivity index (χ3n) is 2.17. The zero-order valence-electron chi connectivity index (χ0n) is 8.97. The standard InChI is InChI=1S/C13H12O2S/c1-2-15-13(14)6-4-10-3-5-12-11(9-10)7-8-16-12/h3-9H,2H2,1H3. The predicted octanol–water partition coefficient (Wildman–Crippen LogP) is 3.48. The number of hydrogen-bond acceptors (Lipinski definition) is 3. The zero-order valence-corrected chi connectivity index (χ0v) is 9.79. The molecule has 0 saturated carbocycles. The molecule has 82 valence electrons. The van der Waals surface area contributed by atoms with Gasteiger partial charge in [-0.3, -0.25) is 0 Å². The molecular formula is C13H12O2S. The van der Waals surface area contributed by atoms with E-state index in [9.17, 15) is 4.79 Å². The van der Waals surface area contributed by atoms with Crippen LogP contribution in [-0.4, -0.2) is 12.6 Å². The summed E-state index contributed by atoms with van der Waals surface area (Å²) in [4.78, 5) is 11.1. The lowest BCUT2D eigenvalue weighted by Crippen LogP contribution is -1.98. The van der Waals surface area contributed by atoms with Gasteiger partial charge >= 0.3 is 5.97 Å². The van der Waals surface area contributed by atoms with Crippen molar-refractivity contribution in [1.82, 2.24) is 0 Å². The van der Waals surface area contributed by atoms with E-state index in [2.05, 4.69) is 23.6 Å². The second-order valence-electron chi connectivity index (χ2n) is 3.30. The first-order chi connectivity index (χ1) is 7.79. The molecule has 0 N–H and O–H groups in total. The second kappa shape index (κ2) is 4.94. The highest BCUT2D eigenvalue weighted by Crippen LogP contribution is 2.22. The van der Waals surface area contributed by atoms with E-state index < -0.39 is 0 Å². The van der Waals surface area contributed by atoms with E-state index in [0.29, 0.717) is 6.61 Å². The molecule has 0 fully saturated rings. The van der Waals surface area contributed by atoms with Crippen LogP contribution in [0.25, 0.3) is 16.2 Å². The molecule has 2 aromatic rings. The van der Waals surface area contributed by atoms with E-state index >= 15 is 0 Å². The quantitative estimate of drug-likeness (QED) is 0.598. The molecule has 3 heteroatoms. The van der Waals surface area contributed by atoms with Gasteiger partial charge < -0.3 is 4.74 Å². The number of fused-ring (bicyclic) bond motifs is 1. The Kier molecular flexibility index (Phi) is 3.37. The van der Waals surface area contributed by atoms with Gasteiger partial charge in [0.25, 0.3) is 0 Å². The lowest BCUT2D eigenvalue weighted by atomic mass is 10.1. The van der Waals surface area contributed by atoms with Crippen LogP contribution in [0.5, 0.6) is 0 Å². The zero-order chi connectivity index (χ0) is 11.4. The Morgan fingerprint density at radius 1 is 1.44 bits per heavy atom. The first kappa shape index (κ1) is 10.9. The molecule has 0 aliphatic carbocycles. The lowest BCUT2D eigenvalue weighted by molar-refractivity contribution is -0.137. The molecule has 1 aromatic heterocycles. The number of carbonyl (C=O) groups is 1. The van der Waals surface area contributed by atoms with Crippen LogP contribution in [0, 0.1) is 0 Å². The van der Waals surface area contributed by atoms with Gasteiger partial charge in [-0.15, -0.1) is 11.3 Å². The molecule has 2 nitrogen and oxygen atoms in total. The van der Waals surface area contributed by atoms with Crippen LogP contribution in [0.2, 0.25) is 0 Å². The van der Waals surface area contributed by atoms with Crippen molar-refractivity contribution in [3.63, 3.8) is 0 Å².